The summed E-state index contributed by atoms with van der Waals surface area (Å²) < 4.78 is 3.63. The Hall–Kier alpha value is -2.64. The van der Waals surface area contributed by atoms with Gasteiger partial charge in [0.15, 0.2) is 5.16 Å². The number of imidazole rings is 1. The standard InChI is InChI=1S/C19H18N4O2S/c24-11-5-10-23-18(25)15-6-1-2-7-16(15)21-19(23)26-13-14-12-22-9-4-3-8-17(22)20-14/h1-4,6-9,12,24H,5,10-11,13H2. The number of nitrogens with zero attached hydrogens (tertiary/aromatic N) is 4. The summed E-state index contributed by atoms with van der Waals surface area (Å²) in [6.07, 6.45) is 4.46. The highest BCUT2D eigenvalue weighted by Crippen LogP contribution is 2.22. The van der Waals surface area contributed by atoms with Crippen LogP contribution in [0, 0.1) is 0 Å². The molecule has 0 amide bonds. The maximum Gasteiger partial charge on any atom is 0.262 e. The summed E-state index contributed by atoms with van der Waals surface area (Å²) in [5.74, 6) is 0.617. The number of fused-ring (bicyclic) bond motifs is 2. The average molecular weight is 366 g/mol. The highest BCUT2D eigenvalue weighted by Gasteiger charge is 2.12. The fourth-order valence-corrected chi connectivity index (χ4v) is 3.79. The smallest absolute Gasteiger partial charge is 0.262 e. The first-order valence-corrected chi connectivity index (χ1v) is 9.40. The van der Waals surface area contributed by atoms with E-state index in [1.165, 1.54) is 11.8 Å². The molecule has 26 heavy (non-hydrogen) atoms. The number of aliphatic hydroxyl groups excluding tert-OH is 1. The van der Waals surface area contributed by atoms with E-state index in [9.17, 15) is 4.79 Å². The Labute approximate surface area is 154 Å². The van der Waals surface area contributed by atoms with Crippen molar-refractivity contribution >= 4 is 28.3 Å². The molecule has 0 aliphatic carbocycles. The molecule has 0 saturated heterocycles. The molecule has 1 N–H and O–H groups in total. The number of para-hydroxylation sites is 1. The van der Waals surface area contributed by atoms with Gasteiger partial charge in [0.2, 0.25) is 0 Å². The van der Waals surface area contributed by atoms with Crippen molar-refractivity contribution < 1.29 is 5.11 Å². The summed E-state index contributed by atoms with van der Waals surface area (Å²) in [6, 6.07) is 13.2. The third-order valence-corrected chi connectivity index (χ3v) is 5.14. The predicted octanol–water partition coefficient (Wildman–Crippen LogP) is 2.72. The molecule has 132 valence electrons. The van der Waals surface area contributed by atoms with Gasteiger partial charge < -0.3 is 9.51 Å². The quantitative estimate of drug-likeness (QED) is 0.420. The zero-order valence-electron chi connectivity index (χ0n) is 14.1. The summed E-state index contributed by atoms with van der Waals surface area (Å²) >= 11 is 1.49. The van der Waals surface area contributed by atoms with Crippen LogP contribution in [0.5, 0.6) is 0 Å². The van der Waals surface area contributed by atoms with Crippen molar-refractivity contribution in [3.8, 4) is 0 Å². The third kappa shape index (κ3) is 3.23. The Kier molecular flexibility index (Phi) is 4.73. The molecule has 0 aliphatic rings. The van der Waals surface area contributed by atoms with Crippen molar-refractivity contribution in [2.45, 2.75) is 23.9 Å². The number of aliphatic hydroxyl groups is 1. The zero-order valence-corrected chi connectivity index (χ0v) is 14.9. The molecular weight excluding hydrogens is 348 g/mol. The molecule has 4 rings (SSSR count). The lowest BCUT2D eigenvalue weighted by molar-refractivity contribution is 0.276. The fourth-order valence-electron chi connectivity index (χ4n) is 2.88. The highest BCUT2D eigenvalue weighted by atomic mass is 32.2. The minimum atomic E-state index is -0.0680. The Morgan fingerprint density at radius 3 is 2.77 bits per heavy atom. The van der Waals surface area contributed by atoms with Gasteiger partial charge in [-0.15, -0.1) is 0 Å². The summed E-state index contributed by atoms with van der Waals surface area (Å²) in [5, 5.41) is 10.4. The van der Waals surface area contributed by atoms with Gasteiger partial charge in [-0.1, -0.05) is 30.0 Å². The number of thioether (sulfide) groups is 1. The Bertz CT molecular complexity index is 1090. The van der Waals surface area contributed by atoms with Gasteiger partial charge in [-0.2, -0.15) is 0 Å². The van der Waals surface area contributed by atoms with Crippen molar-refractivity contribution in [1.82, 2.24) is 18.9 Å². The molecule has 1 aromatic carbocycles. The maximum absolute atomic E-state index is 12.8. The van der Waals surface area contributed by atoms with E-state index >= 15 is 0 Å². The third-order valence-electron chi connectivity index (χ3n) is 4.13. The molecule has 0 radical (unpaired) electrons. The first kappa shape index (κ1) is 16.8. The van der Waals surface area contributed by atoms with E-state index in [1.54, 1.807) is 10.6 Å². The van der Waals surface area contributed by atoms with Crippen molar-refractivity contribution in [2.24, 2.45) is 0 Å². The number of hydrogen-bond acceptors (Lipinski definition) is 5. The van der Waals surface area contributed by atoms with Crippen LogP contribution >= 0.6 is 11.8 Å². The van der Waals surface area contributed by atoms with Crippen LogP contribution in [0.4, 0.5) is 0 Å². The zero-order chi connectivity index (χ0) is 17.9. The van der Waals surface area contributed by atoms with Crippen LogP contribution in [-0.4, -0.2) is 30.6 Å². The van der Waals surface area contributed by atoms with Crippen LogP contribution < -0.4 is 5.56 Å². The van der Waals surface area contributed by atoms with Gasteiger partial charge in [-0.3, -0.25) is 9.36 Å². The van der Waals surface area contributed by atoms with Crippen LogP contribution in [0.15, 0.2) is 64.8 Å². The van der Waals surface area contributed by atoms with E-state index in [-0.39, 0.29) is 12.2 Å². The van der Waals surface area contributed by atoms with Crippen molar-refractivity contribution in [1.29, 1.82) is 0 Å². The van der Waals surface area contributed by atoms with Crippen molar-refractivity contribution in [3.63, 3.8) is 0 Å². The molecule has 0 spiro atoms. The van der Waals surface area contributed by atoms with E-state index in [0.717, 1.165) is 11.3 Å². The molecule has 4 aromatic rings. The summed E-state index contributed by atoms with van der Waals surface area (Å²) in [4.78, 5) is 22.1. The highest BCUT2D eigenvalue weighted by molar-refractivity contribution is 7.98. The second-order valence-electron chi connectivity index (χ2n) is 5.93. The minimum Gasteiger partial charge on any atom is -0.396 e. The molecule has 0 bridgehead atoms. The average Bonchev–Trinajstić information content (AvgIpc) is 3.09. The van der Waals surface area contributed by atoms with E-state index < -0.39 is 0 Å². The molecular formula is C19H18N4O2S. The first-order valence-electron chi connectivity index (χ1n) is 8.42. The van der Waals surface area contributed by atoms with Gasteiger partial charge in [0.25, 0.3) is 5.56 Å². The predicted molar refractivity (Wildman–Crippen MR) is 102 cm³/mol. The number of pyridine rings is 1. The molecule has 0 unspecified atom stereocenters. The van der Waals surface area contributed by atoms with E-state index in [2.05, 4.69) is 9.97 Å². The summed E-state index contributed by atoms with van der Waals surface area (Å²) in [5.41, 5.74) is 2.45. The monoisotopic (exact) mass is 366 g/mol. The molecule has 7 heteroatoms. The Morgan fingerprint density at radius 2 is 1.92 bits per heavy atom. The molecule has 0 fully saturated rings. The Balaban J connectivity index is 1.68. The van der Waals surface area contributed by atoms with Gasteiger partial charge in [0.1, 0.15) is 5.65 Å². The number of aromatic nitrogens is 4. The van der Waals surface area contributed by atoms with E-state index in [1.807, 2.05) is 53.2 Å². The lowest BCUT2D eigenvalue weighted by atomic mass is 10.2. The topological polar surface area (TPSA) is 72.4 Å². The molecule has 3 heterocycles. The van der Waals surface area contributed by atoms with Crippen LogP contribution in [0.2, 0.25) is 0 Å². The lowest BCUT2D eigenvalue weighted by Gasteiger charge is -2.12. The second kappa shape index (κ2) is 7.31. The number of hydrogen-bond donors (Lipinski definition) is 1. The van der Waals surface area contributed by atoms with Crippen molar-refractivity contribution in [3.05, 3.63) is 70.9 Å². The molecule has 6 nitrogen and oxygen atoms in total. The minimum absolute atomic E-state index is 0.0375. The van der Waals surface area contributed by atoms with E-state index in [4.69, 9.17) is 5.11 Å². The summed E-state index contributed by atoms with van der Waals surface area (Å²) in [6.45, 7) is 0.483. The molecule has 0 atom stereocenters. The van der Waals surface area contributed by atoms with Gasteiger partial charge in [0.05, 0.1) is 16.6 Å². The SMILES string of the molecule is O=c1c2ccccc2nc(SCc2cn3ccccc3n2)n1CCCO. The largest absolute Gasteiger partial charge is 0.396 e. The molecule has 0 aliphatic heterocycles. The first-order chi connectivity index (χ1) is 12.8. The van der Waals surface area contributed by atoms with Crippen LogP contribution in [0.3, 0.4) is 0 Å². The van der Waals surface area contributed by atoms with Crippen LogP contribution in [-0.2, 0) is 12.3 Å². The number of rotatable bonds is 6. The normalized spacial score (nSPS) is 11.4. The summed E-state index contributed by atoms with van der Waals surface area (Å²) in [7, 11) is 0. The fraction of sp³-hybridized carbons (Fsp3) is 0.211. The molecule has 0 saturated carbocycles. The van der Waals surface area contributed by atoms with Gasteiger partial charge in [0, 0.05) is 31.3 Å². The second-order valence-corrected chi connectivity index (χ2v) is 6.87. The maximum atomic E-state index is 12.8. The van der Waals surface area contributed by atoms with Crippen LogP contribution in [0.1, 0.15) is 12.1 Å². The van der Waals surface area contributed by atoms with Gasteiger partial charge >= 0.3 is 0 Å². The van der Waals surface area contributed by atoms with Gasteiger partial charge in [-0.05, 0) is 30.7 Å². The van der Waals surface area contributed by atoms with Gasteiger partial charge in [-0.25, -0.2) is 9.97 Å². The van der Waals surface area contributed by atoms with Crippen molar-refractivity contribution in [2.75, 3.05) is 6.61 Å². The molecule has 3 aromatic heterocycles. The van der Waals surface area contributed by atoms with E-state index in [0.29, 0.717) is 34.8 Å². The lowest BCUT2D eigenvalue weighted by Crippen LogP contribution is -2.24. The van der Waals surface area contributed by atoms with Crippen LogP contribution in [0.25, 0.3) is 16.6 Å². The number of benzene rings is 1. The Morgan fingerprint density at radius 1 is 1.08 bits per heavy atom.